The number of para-hydroxylation sites is 1. The molecule has 0 saturated heterocycles. The molecule has 4 nitrogen and oxygen atoms in total. The second kappa shape index (κ2) is 4.20. The largest absolute Gasteiger partial charge is 0.428 e. The third kappa shape index (κ3) is 1.69. The van der Waals surface area contributed by atoms with E-state index >= 15 is 0 Å². The summed E-state index contributed by atoms with van der Waals surface area (Å²) in [5, 5.41) is 22.2. The molecule has 4 aromatic rings. The molecule has 4 rings (SSSR count). The zero-order valence-corrected chi connectivity index (χ0v) is 11.6. The van der Waals surface area contributed by atoms with Crippen molar-refractivity contribution in [2.75, 3.05) is 0 Å². The minimum atomic E-state index is 0.468. The van der Waals surface area contributed by atoms with Gasteiger partial charge < -0.3 is 10.4 Å². The molecule has 21 heavy (non-hydrogen) atoms. The molecule has 0 saturated carbocycles. The van der Waals surface area contributed by atoms with Crippen LogP contribution in [0.15, 0.2) is 54.7 Å². The van der Waals surface area contributed by atoms with Gasteiger partial charge >= 0.3 is 0 Å². The summed E-state index contributed by atoms with van der Waals surface area (Å²) in [4.78, 5) is 0. The summed E-state index contributed by atoms with van der Waals surface area (Å²) in [6.07, 6.45) is 1.45. The topological polar surface area (TPSA) is 50.3 Å². The van der Waals surface area contributed by atoms with Crippen LogP contribution >= 0.6 is 11.6 Å². The highest BCUT2D eigenvalue weighted by Crippen LogP contribution is 2.32. The van der Waals surface area contributed by atoms with E-state index in [2.05, 4.69) is 0 Å². The molecule has 0 bridgehead atoms. The van der Waals surface area contributed by atoms with Gasteiger partial charge in [0.15, 0.2) is 0 Å². The van der Waals surface area contributed by atoms with E-state index in [0.29, 0.717) is 16.2 Å². The van der Waals surface area contributed by atoms with Crippen molar-refractivity contribution in [2.24, 2.45) is 0 Å². The summed E-state index contributed by atoms with van der Waals surface area (Å²) in [6, 6.07) is 15.0. The molecule has 0 atom stereocenters. The number of nitrogens with zero attached hydrogens (tertiary/aromatic N) is 2. The maximum Gasteiger partial charge on any atom is 0.0881 e. The van der Waals surface area contributed by atoms with E-state index in [1.54, 1.807) is 6.07 Å². The van der Waals surface area contributed by atoms with Gasteiger partial charge in [0.2, 0.25) is 0 Å². The van der Waals surface area contributed by atoms with Crippen LogP contribution in [0.25, 0.3) is 33.1 Å². The predicted octanol–water partition coefficient (Wildman–Crippen LogP) is 4.39. The Morgan fingerprint density at radius 2 is 1.71 bits per heavy atom. The van der Waals surface area contributed by atoms with Crippen molar-refractivity contribution < 1.29 is 10.4 Å². The zero-order chi connectivity index (χ0) is 14.6. The van der Waals surface area contributed by atoms with Crippen molar-refractivity contribution in [3.63, 3.8) is 0 Å². The quantitative estimate of drug-likeness (QED) is 0.512. The van der Waals surface area contributed by atoms with Gasteiger partial charge in [0.05, 0.1) is 27.9 Å². The van der Waals surface area contributed by atoms with Crippen LogP contribution in [0, 0.1) is 0 Å². The van der Waals surface area contributed by atoms with Crippen molar-refractivity contribution in [1.29, 1.82) is 0 Å². The molecule has 2 N–H and O–H groups in total. The lowest BCUT2D eigenvalue weighted by molar-refractivity contribution is 0.200. The van der Waals surface area contributed by atoms with E-state index in [1.165, 1.54) is 10.9 Å². The summed E-state index contributed by atoms with van der Waals surface area (Å²) in [5.74, 6) is 0. The van der Waals surface area contributed by atoms with E-state index in [-0.39, 0.29) is 0 Å². The minimum absolute atomic E-state index is 0.468. The summed E-state index contributed by atoms with van der Waals surface area (Å²) in [6.45, 7) is 0. The lowest BCUT2D eigenvalue weighted by atomic mass is 10.1. The fourth-order valence-electron chi connectivity index (χ4n) is 2.68. The number of rotatable bonds is 1. The molecule has 5 heteroatoms. The molecule has 0 unspecified atom stereocenters. The highest BCUT2D eigenvalue weighted by atomic mass is 35.5. The van der Waals surface area contributed by atoms with Crippen LogP contribution in [0.5, 0.6) is 0 Å². The number of fused-ring (bicyclic) bond motifs is 2. The lowest BCUT2D eigenvalue weighted by Crippen LogP contribution is -1.93. The molecule has 0 aliphatic carbocycles. The fraction of sp³-hybridized carbons (Fsp3) is 0. The molecule has 0 amide bonds. The summed E-state index contributed by atoms with van der Waals surface area (Å²) < 4.78 is 2.16. The molecule has 0 aliphatic heterocycles. The van der Waals surface area contributed by atoms with Gasteiger partial charge in [0.1, 0.15) is 0 Å². The average molecular weight is 299 g/mol. The monoisotopic (exact) mass is 298 g/mol. The molecule has 2 heterocycles. The van der Waals surface area contributed by atoms with Gasteiger partial charge in [-0.15, -0.1) is 0 Å². The molecule has 2 aromatic carbocycles. The van der Waals surface area contributed by atoms with Gasteiger partial charge in [-0.2, -0.15) is 9.46 Å². The Kier molecular flexibility index (Phi) is 2.43. The third-order valence-electron chi connectivity index (χ3n) is 3.72. The number of halogens is 1. The van der Waals surface area contributed by atoms with Gasteiger partial charge in [-0.25, -0.2) is 0 Å². The normalized spacial score (nSPS) is 11.5. The molecule has 0 radical (unpaired) electrons. The van der Waals surface area contributed by atoms with E-state index < -0.39 is 0 Å². The van der Waals surface area contributed by atoms with Gasteiger partial charge in [-0.05, 0) is 24.3 Å². The van der Waals surface area contributed by atoms with Crippen LogP contribution in [-0.4, -0.2) is 19.9 Å². The molecule has 0 aliphatic rings. The van der Waals surface area contributed by atoms with Gasteiger partial charge in [0, 0.05) is 16.3 Å². The van der Waals surface area contributed by atoms with Crippen LogP contribution in [0.1, 0.15) is 0 Å². The first-order valence-electron chi connectivity index (χ1n) is 6.45. The fourth-order valence-corrected chi connectivity index (χ4v) is 2.92. The summed E-state index contributed by atoms with van der Waals surface area (Å²) in [5.41, 5.74) is 2.89. The van der Waals surface area contributed by atoms with Crippen LogP contribution in [0.4, 0.5) is 0 Å². The zero-order valence-electron chi connectivity index (χ0n) is 10.9. The molecule has 0 fully saturated rings. The Morgan fingerprint density at radius 1 is 0.905 bits per heavy atom. The van der Waals surface area contributed by atoms with E-state index in [1.807, 2.05) is 42.5 Å². The van der Waals surface area contributed by atoms with Crippen molar-refractivity contribution in [2.45, 2.75) is 0 Å². The predicted molar refractivity (Wildman–Crippen MR) is 82.2 cm³/mol. The maximum absolute atomic E-state index is 10.3. The number of benzene rings is 2. The Bertz CT molecular complexity index is 985. The molecular formula is C16H11ClN2O2. The van der Waals surface area contributed by atoms with Gasteiger partial charge in [-0.3, -0.25) is 0 Å². The van der Waals surface area contributed by atoms with Crippen LogP contribution in [0.2, 0.25) is 5.02 Å². The third-order valence-corrected chi connectivity index (χ3v) is 4.02. The minimum Gasteiger partial charge on any atom is -0.428 e. The first-order valence-corrected chi connectivity index (χ1v) is 6.83. The Balaban J connectivity index is 2.00. The first kappa shape index (κ1) is 12.2. The number of aromatic nitrogens is 2. The smallest absolute Gasteiger partial charge is 0.0881 e. The van der Waals surface area contributed by atoms with Crippen molar-refractivity contribution in [3.05, 3.63) is 59.8 Å². The molecule has 0 spiro atoms. The van der Waals surface area contributed by atoms with Crippen molar-refractivity contribution >= 4 is 33.4 Å². The van der Waals surface area contributed by atoms with Crippen molar-refractivity contribution in [3.8, 4) is 11.3 Å². The van der Waals surface area contributed by atoms with Crippen LogP contribution < -0.4 is 0 Å². The lowest BCUT2D eigenvalue weighted by Gasteiger charge is -2.04. The Labute approximate surface area is 124 Å². The maximum atomic E-state index is 10.3. The second-order valence-corrected chi connectivity index (χ2v) is 5.36. The van der Waals surface area contributed by atoms with Gasteiger partial charge in [0.25, 0.3) is 0 Å². The highest BCUT2D eigenvalue weighted by molar-refractivity contribution is 6.35. The summed E-state index contributed by atoms with van der Waals surface area (Å²) in [7, 11) is 0. The molecule has 104 valence electrons. The van der Waals surface area contributed by atoms with Crippen LogP contribution in [-0.2, 0) is 0 Å². The first-order chi connectivity index (χ1) is 10.1. The standard InChI is InChI=1S/C16H11ClN2O2/c17-13-9-18(20)15-6-5-11(7-12(13)15)16-8-10-3-1-2-4-14(10)19(16)21/h1-9,20-21H. The van der Waals surface area contributed by atoms with E-state index in [0.717, 1.165) is 26.6 Å². The number of hydrogen-bond donors (Lipinski definition) is 2. The highest BCUT2D eigenvalue weighted by Gasteiger charge is 2.12. The van der Waals surface area contributed by atoms with E-state index in [4.69, 9.17) is 11.6 Å². The molecule has 2 aromatic heterocycles. The van der Waals surface area contributed by atoms with Gasteiger partial charge in [-0.1, -0.05) is 35.9 Å². The molecular weight excluding hydrogens is 288 g/mol. The van der Waals surface area contributed by atoms with Crippen molar-refractivity contribution in [1.82, 2.24) is 9.46 Å². The Hall–Kier alpha value is -2.59. The van der Waals surface area contributed by atoms with Crippen LogP contribution in [0.3, 0.4) is 0 Å². The Morgan fingerprint density at radius 3 is 2.52 bits per heavy atom. The number of hydrogen-bond acceptors (Lipinski definition) is 2. The SMILES string of the molecule is On1cc(Cl)c2cc(-c3cc4ccccc4n3O)ccc21. The van der Waals surface area contributed by atoms with E-state index in [9.17, 15) is 10.4 Å². The second-order valence-electron chi connectivity index (χ2n) is 4.95. The summed E-state index contributed by atoms with van der Waals surface area (Å²) >= 11 is 6.11. The average Bonchev–Trinajstić information content (AvgIpc) is 2.98.